The number of hydrogen-bond acceptors (Lipinski definition) is 4. The fraction of sp³-hybridized carbons (Fsp3) is 0.619. The molecule has 0 spiro atoms. The summed E-state index contributed by atoms with van der Waals surface area (Å²) in [6.07, 6.45) is 1.62. The molecule has 1 atom stereocenters. The van der Waals surface area contributed by atoms with E-state index < -0.39 is 0 Å². The average Bonchev–Trinajstić information content (AvgIpc) is 2.68. The smallest absolute Gasteiger partial charge is 0.308 e. The number of aryl methyl sites for hydroxylation is 1. The number of hydrogen-bond donors (Lipinski definition) is 1. The molecule has 0 bridgehead atoms. The Bertz CT molecular complexity index is 620. The second kappa shape index (κ2) is 10.3. The van der Waals surface area contributed by atoms with Crippen molar-refractivity contribution in [2.24, 2.45) is 10.9 Å². The molecule has 1 N–H and O–H groups in total. The lowest BCUT2D eigenvalue weighted by molar-refractivity contribution is -0.146. The molecule has 1 aromatic carbocycles. The first-order valence-electron chi connectivity index (χ1n) is 9.80. The summed E-state index contributed by atoms with van der Waals surface area (Å²) in [7, 11) is 5.65. The quantitative estimate of drug-likeness (QED) is 0.471. The number of likely N-dealkylation sites (N-methyl/N-ethyl adjacent to an activating group) is 1. The van der Waals surface area contributed by atoms with Crippen molar-refractivity contribution < 1.29 is 9.53 Å². The maximum atomic E-state index is 11.7. The molecule has 0 aliphatic carbocycles. The van der Waals surface area contributed by atoms with Crippen LogP contribution in [-0.2, 0) is 9.53 Å². The van der Waals surface area contributed by atoms with Crippen LogP contribution in [0.4, 0.5) is 0 Å². The van der Waals surface area contributed by atoms with Crippen LogP contribution in [0.2, 0.25) is 0 Å². The zero-order valence-corrected chi connectivity index (χ0v) is 17.4. The van der Waals surface area contributed by atoms with E-state index in [4.69, 9.17) is 9.73 Å². The molecule has 0 radical (unpaired) electrons. The Balaban J connectivity index is 2.07. The maximum Gasteiger partial charge on any atom is 0.308 e. The molecule has 6 nitrogen and oxygen atoms in total. The Morgan fingerprint density at radius 1 is 1.30 bits per heavy atom. The number of carbonyl (C=O) groups is 1. The molecule has 27 heavy (non-hydrogen) atoms. The Labute approximate surface area is 163 Å². The van der Waals surface area contributed by atoms with Crippen LogP contribution in [0.25, 0.3) is 0 Å². The molecule has 1 aromatic rings. The molecule has 0 aromatic heterocycles. The molecule has 1 saturated heterocycles. The number of nitrogens with one attached hydrogen (secondary N) is 1. The number of rotatable bonds is 6. The minimum absolute atomic E-state index is 0.0104. The molecule has 150 valence electrons. The van der Waals surface area contributed by atoms with Crippen molar-refractivity contribution in [3.63, 3.8) is 0 Å². The summed E-state index contributed by atoms with van der Waals surface area (Å²) in [6.45, 7) is 7.35. The van der Waals surface area contributed by atoms with Crippen LogP contribution in [-0.4, -0.2) is 69.1 Å². The number of guanidine groups is 1. The predicted molar refractivity (Wildman–Crippen MR) is 110 cm³/mol. The number of benzene rings is 1. The molecule has 1 heterocycles. The van der Waals surface area contributed by atoms with Gasteiger partial charge in [-0.3, -0.25) is 9.79 Å². The first-order valence-corrected chi connectivity index (χ1v) is 9.80. The Kier molecular flexibility index (Phi) is 8.10. The van der Waals surface area contributed by atoms with Gasteiger partial charge in [-0.2, -0.15) is 0 Å². The predicted octanol–water partition coefficient (Wildman–Crippen LogP) is 2.45. The topological polar surface area (TPSA) is 57.2 Å². The van der Waals surface area contributed by atoms with Crippen LogP contribution in [0, 0.1) is 12.8 Å². The molecular formula is C21H34N4O2. The number of ether oxygens (including phenoxy) is 1. The second-order valence-corrected chi connectivity index (χ2v) is 7.37. The van der Waals surface area contributed by atoms with Crippen LogP contribution in [0.5, 0.6) is 0 Å². The van der Waals surface area contributed by atoms with E-state index >= 15 is 0 Å². The number of esters is 1. The van der Waals surface area contributed by atoms with Gasteiger partial charge in [0.05, 0.1) is 25.6 Å². The van der Waals surface area contributed by atoms with Gasteiger partial charge in [-0.1, -0.05) is 29.8 Å². The van der Waals surface area contributed by atoms with E-state index in [1.165, 1.54) is 18.2 Å². The van der Waals surface area contributed by atoms with Crippen LogP contribution >= 0.6 is 0 Å². The molecule has 2 rings (SSSR count). The van der Waals surface area contributed by atoms with E-state index in [-0.39, 0.29) is 17.9 Å². The van der Waals surface area contributed by atoms with Crippen molar-refractivity contribution in [2.45, 2.75) is 32.7 Å². The normalized spacial score (nSPS) is 17.1. The summed E-state index contributed by atoms with van der Waals surface area (Å²) in [4.78, 5) is 21.1. The molecule has 1 aliphatic heterocycles. The molecule has 1 fully saturated rings. The van der Waals surface area contributed by atoms with E-state index in [0.29, 0.717) is 6.54 Å². The van der Waals surface area contributed by atoms with Crippen molar-refractivity contribution in [1.82, 2.24) is 15.1 Å². The second-order valence-electron chi connectivity index (χ2n) is 7.37. The third-order valence-corrected chi connectivity index (χ3v) is 5.16. The van der Waals surface area contributed by atoms with Crippen molar-refractivity contribution in [2.75, 3.05) is 47.4 Å². The van der Waals surface area contributed by atoms with Gasteiger partial charge in [0.15, 0.2) is 5.96 Å². The van der Waals surface area contributed by atoms with Gasteiger partial charge in [0, 0.05) is 19.6 Å². The summed E-state index contributed by atoms with van der Waals surface area (Å²) in [5.41, 5.74) is 2.54. The monoisotopic (exact) mass is 374 g/mol. The van der Waals surface area contributed by atoms with Crippen LogP contribution in [0.15, 0.2) is 29.3 Å². The van der Waals surface area contributed by atoms with Crippen LogP contribution in [0.1, 0.15) is 36.9 Å². The van der Waals surface area contributed by atoms with E-state index in [1.807, 2.05) is 0 Å². The number of carbonyl (C=O) groups excluding carboxylic acids is 1. The number of methoxy groups -OCH3 is 1. The first-order chi connectivity index (χ1) is 13.0. The molecule has 0 amide bonds. The van der Waals surface area contributed by atoms with Gasteiger partial charge in [0.2, 0.25) is 0 Å². The number of aliphatic imine (C=N–C) groups is 1. The lowest BCUT2D eigenvalue weighted by atomic mass is 9.97. The van der Waals surface area contributed by atoms with Gasteiger partial charge < -0.3 is 19.9 Å². The van der Waals surface area contributed by atoms with Crippen LogP contribution < -0.4 is 5.32 Å². The number of likely N-dealkylation sites (tertiary alicyclic amines) is 1. The zero-order chi connectivity index (χ0) is 19.8. The van der Waals surface area contributed by atoms with Gasteiger partial charge in [0.1, 0.15) is 0 Å². The SMILES string of the molecule is CCNC(=NCC(c1ccc(C)cc1)N(C)C)N1CCC(C(=O)OC)CC1. The first kappa shape index (κ1) is 21.2. The Morgan fingerprint density at radius 3 is 2.44 bits per heavy atom. The summed E-state index contributed by atoms with van der Waals surface area (Å²) in [5.74, 6) is 0.847. The molecular weight excluding hydrogens is 340 g/mol. The average molecular weight is 375 g/mol. The fourth-order valence-corrected chi connectivity index (χ4v) is 3.45. The lowest BCUT2D eigenvalue weighted by Crippen LogP contribution is -2.47. The van der Waals surface area contributed by atoms with Crippen molar-refractivity contribution in [1.29, 1.82) is 0 Å². The van der Waals surface area contributed by atoms with Gasteiger partial charge >= 0.3 is 5.97 Å². The zero-order valence-electron chi connectivity index (χ0n) is 17.4. The van der Waals surface area contributed by atoms with E-state index in [9.17, 15) is 4.79 Å². The third-order valence-electron chi connectivity index (χ3n) is 5.16. The molecule has 6 heteroatoms. The van der Waals surface area contributed by atoms with E-state index in [2.05, 4.69) is 67.3 Å². The standard InChI is InChI=1S/C21H34N4O2/c1-6-22-21(25-13-11-18(12-14-25)20(26)27-5)23-15-19(24(3)4)17-9-7-16(2)8-10-17/h7-10,18-19H,6,11-15H2,1-5H3,(H,22,23). The van der Waals surface area contributed by atoms with Gasteiger partial charge in [-0.25, -0.2) is 0 Å². The largest absolute Gasteiger partial charge is 0.469 e. The van der Waals surface area contributed by atoms with Crippen molar-refractivity contribution in [3.8, 4) is 0 Å². The summed E-state index contributed by atoms with van der Waals surface area (Å²) < 4.78 is 4.89. The molecule has 1 aliphatic rings. The molecule has 0 saturated carbocycles. The summed E-state index contributed by atoms with van der Waals surface area (Å²) in [6, 6.07) is 8.90. The third kappa shape index (κ3) is 5.96. The van der Waals surface area contributed by atoms with Crippen molar-refractivity contribution in [3.05, 3.63) is 35.4 Å². The van der Waals surface area contributed by atoms with Gasteiger partial charge in [0.25, 0.3) is 0 Å². The molecule has 1 unspecified atom stereocenters. The van der Waals surface area contributed by atoms with Gasteiger partial charge in [-0.05, 0) is 46.3 Å². The summed E-state index contributed by atoms with van der Waals surface area (Å²) in [5, 5.41) is 3.41. The maximum absolute atomic E-state index is 11.7. The highest BCUT2D eigenvalue weighted by Crippen LogP contribution is 2.21. The summed E-state index contributed by atoms with van der Waals surface area (Å²) >= 11 is 0. The van der Waals surface area contributed by atoms with E-state index in [1.54, 1.807) is 0 Å². The van der Waals surface area contributed by atoms with Crippen LogP contribution in [0.3, 0.4) is 0 Å². The Hall–Kier alpha value is -2.08. The number of piperidine rings is 1. The minimum atomic E-state index is -0.0939. The lowest BCUT2D eigenvalue weighted by Gasteiger charge is -2.33. The Morgan fingerprint density at radius 2 is 1.93 bits per heavy atom. The minimum Gasteiger partial charge on any atom is -0.469 e. The number of nitrogens with zero attached hydrogens (tertiary/aromatic N) is 3. The highest BCUT2D eigenvalue weighted by atomic mass is 16.5. The fourth-order valence-electron chi connectivity index (χ4n) is 3.45. The highest BCUT2D eigenvalue weighted by molar-refractivity contribution is 5.80. The van der Waals surface area contributed by atoms with Gasteiger partial charge in [-0.15, -0.1) is 0 Å². The van der Waals surface area contributed by atoms with E-state index in [0.717, 1.165) is 38.4 Å². The highest BCUT2D eigenvalue weighted by Gasteiger charge is 2.27. The van der Waals surface area contributed by atoms with Crippen molar-refractivity contribution >= 4 is 11.9 Å².